The van der Waals surface area contributed by atoms with Gasteiger partial charge in [0.1, 0.15) is 6.61 Å². The number of amides is 1. The van der Waals surface area contributed by atoms with Crippen molar-refractivity contribution in [2.75, 3.05) is 26.2 Å². The Hall–Kier alpha value is -0.870. The van der Waals surface area contributed by atoms with Gasteiger partial charge in [0.15, 0.2) is 0 Å². The Morgan fingerprint density at radius 3 is 3.07 bits per heavy atom. The summed E-state index contributed by atoms with van der Waals surface area (Å²) in [5.74, 6) is -0.0388. The predicted octanol–water partition coefficient (Wildman–Crippen LogP) is 0.447. The smallest absolute Gasteiger partial charge is 0.246 e. The van der Waals surface area contributed by atoms with Gasteiger partial charge in [-0.15, -0.1) is 0 Å². The number of hydrogen-bond acceptors (Lipinski definition) is 3. The van der Waals surface area contributed by atoms with E-state index in [2.05, 4.69) is 16.7 Å². The number of rotatable bonds is 5. The highest BCUT2D eigenvalue weighted by Gasteiger charge is 2.06. The van der Waals surface area contributed by atoms with Crippen LogP contribution >= 0.6 is 0 Å². The van der Waals surface area contributed by atoms with Crippen LogP contribution in [0, 0.1) is 0 Å². The van der Waals surface area contributed by atoms with Crippen molar-refractivity contribution >= 4 is 5.91 Å². The molecule has 0 aromatic rings. The second-order valence-corrected chi connectivity index (χ2v) is 3.95. The van der Waals surface area contributed by atoms with E-state index in [1.165, 1.54) is 5.57 Å². The molecule has 0 atom stereocenters. The van der Waals surface area contributed by atoms with Gasteiger partial charge in [-0.05, 0) is 26.8 Å². The molecule has 0 aromatic heterocycles. The molecule has 4 heteroatoms. The zero-order valence-electron chi connectivity index (χ0n) is 9.51. The van der Waals surface area contributed by atoms with Crippen molar-refractivity contribution < 1.29 is 9.53 Å². The molecule has 15 heavy (non-hydrogen) atoms. The van der Waals surface area contributed by atoms with E-state index in [1.807, 2.05) is 13.8 Å². The summed E-state index contributed by atoms with van der Waals surface area (Å²) >= 11 is 0. The minimum absolute atomic E-state index is 0.0388. The van der Waals surface area contributed by atoms with E-state index >= 15 is 0 Å². The van der Waals surface area contributed by atoms with Crippen LogP contribution in [-0.2, 0) is 9.53 Å². The van der Waals surface area contributed by atoms with E-state index in [0.29, 0.717) is 6.54 Å². The maximum Gasteiger partial charge on any atom is 0.246 e. The quantitative estimate of drug-likeness (QED) is 0.650. The summed E-state index contributed by atoms with van der Waals surface area (Å²) in [6, 6.07) is 0. The molecule has 0 fully saturated rings. The molecular formula is C11H20N2O2. The summed E-state index contributed by atoms with van der Waals surface area (Å²) in [6.07, 6.45) is 3.26. The summed E-state index contributed by atoms with van der Waals surface area (Å²) in [5.41, 5.74) is 1.30. The first-order valence-corrected chi connectivity index (χ1v) is 5.45. The van der Waals surface area contributed by atoms with E-state index in [9.17, 15) is 4.79 Å². The SMILES string of the molecule is CC(C)OCC(=O)NCC1=CCNCC1. The molecular weight excluding hydrogens is 192 g/mol. The van der Waals surface area contributed by atoms with Gasteiger partial charge in [-0.25, -0.2) is 0 Å². The maximum atomic E-state index is 11.3. The first-order chi connectivity index (χ1) is 7.18. The zero-order valence-corrected chi connectivity index (χ0v) is 9.51. The Morgan fingerprint density at radius 2 is 2.47 bits per heavy atom. The summed E-state index contributed by atoms with van der Waals surface area (Å²) in [6.45, 7) is 6.56. The number of nitrogens with one attached hydrogen (secondary N) is 2. The Kier molecular flexibility index (Phi) is 5.36. The lowest BCUT2D eigenvalue weighted by Gasteiger charge is -2.14. The Balaban J connectivity index is 2.13. The minimum Gasteiger partial charge on any atom is -0.369 e. The normalized spacial score (nSPS) is 16.3. The molecule has 0 saturated carbocycles. The lowest BCUT2D eigenvalue weighted by Crippen LogP contribution is -2.32. The van der Waals surface area contributed by atoms with Crippen LogP contribution in [0.3, 0.4) is 0 Å². The molecule has 0 bridgehead atoms. The molecule has 0 aromatic carbocycles. The van der Waals surface area contributed by atoms with Crippen LogP contribution in [0.4, 0.5) is 0 Å². The first kappa shape index (κ1) is 12.2. The largest absolute Gasteiger partial charge is 0.369 e. The lowest BCUT2D eigenvalue weighted by atomic mass is 10.1. The van der Waals surface area contributed by atoms with Crippen LogP contribution in [0.2, 0.25) is 0 Å². The fourth-order valence-electron chi connectivity index (χ4n) is 1.34. The molecule has 1 rings (SSSR count). The molecule has 1 amide bonds. The van der Waals surface area contributed by atoms with Crippen molar-refractivity contribution in [2.45, 2.75) is 26.4 Å². The van der Waals surface area contributed by atoms with E-state index in [4.69, 9.17) is 4.74 Å². The average molecular weight is 212 g/mol. The van der Waals surface area contributed by atoms with Crippen molar-refractivity contribution in [3.05, 3.63) is 11.6 Å². The Morgan fingerprint density at radius 1 is 1.67 bits per heavy atom. The highest BCUT2D eigenvalue weighted by Crippen LogP contribution is 2.01. The number of hydrogen-bond donors (Lipinski definition) is 2. The summed E-state index contributed by atoms with van der Waals surface area (Å²) in [4.78, 5) is 11.3. The third-order valence-corrected chi connectivity index (χ3v) is 2.22. The van der Waals surface area contributed by atoms with Crippen molar-refractivity contribution in [1.29, 1.82) is 0 Å². The summed E-state index contributed by atoms with van der Waals surface area (Å²) in [5, 5.41) is 6.08. The van der Waals surface area contributed by atoms with Crippen LogP contribution in [0.25, 0.3) is 0 Å². The van der Waals surface area contributed by atoms with E-state index < -0.39 is 0 Å². The fourth-order valence-corrected chi connectivity index (χ4v) is 1.34. The van der Waals surface area contributed by atoms with Crippen molar-refractivity contribution in [2.24, 2.45) is 0 Å². The number of ether oxygens (including phenoxy) is 1. The van der Waals surface area contributed by atoms with Crippen LogP contribution in [0.15, 0.2) is 11.6 Å². The number of carbonyl (C=O) groups is 1. The van der Waals surface area contributed by atoms with Gasteiger partial charge in [-0.3, -0.25) is 4.79 Å². The molecule has 2 N–H and O–H groups in total. The van der Waals surface area contributed by atoms with Crippen LogP contribution in [0.5, 0.6) is 0 Å². The molecule has 0 spiro atoms. The average Bonchev–Trinajstić information content (AvgIpc) is 2.25. The van der Waals surface area contributed by atoms with E-state index in [0.717, 1.165) is 19.5 Å². The van der Waals surface area contributed by atoms with Gasteiger partial charge in [0.25, 0.3) is 0 Å². The molecule has 86 valence electrons. The molecule has 4 nitrogen and oxygen atoms in total. The molecule has 1 heterocycles. The lowest BCUT2D eigenvalue weighted by molar-refractivity contribution is -0.126. The molecule has 1 aliphatic rings. The molecule has 1 aliphatic heterocycles. The van der Waals surface area contributed by atoms with Crippen LogP contribution in [0.1, 0.15) is 20.3 Å². The van der Waals surface area contributed by atoms with Gasteiger partial charge in [-0.2, -0.15) is 0 Å². The van der Waals surface area contributed by atoms with Gasteiger partial charge in [0, 0.05) is 13.1 Å². The molecule has 0 unspecified atom stereocenters. The van der Waals surface area contributed by atoms with E-state index in [-0.39, 0.29) is 18.6 Å². The first-order valence-electron chi connectivity index (χ1n) is 5.45. The second-order valence-electron chi connectivity index (χ2n) is 3.95. The third-order valence-electron chi connectivity index (χ3n) is 2.22. The second kappa shape index (κ2) is 6.58. The van der Waals surface area contributed by atoms with Gasteiger partial charge in [0.2, 0.25) is 5.91 Å². The molecule has 0 saturated heterocycles. The van der Waals surface area contributed by atoms with Crippen molar-refractivity contribution in [1.82, 2.24) is 10.6 Å². The monoisotopic (exact) mass is 212 g/mol. The molecule has 0 radical (unpaired) electrons. The minimum atomic E-state index is -0.0388. The predicted molar refractivity (Wildman–Crippen MR) is 59.7 cm³/mol. The maximum absolute atomic E-state index is 11.3. The van der Waals surface area contributed by atoms with Gasteiger partial charge in [-0.1, -0.05) is 11.6 Å². The van der Waals surface area contributed by atoms with Crippen molar-refractivity contribution in [3.63, 3.8) is 0 Å². The highest BCUT2D eigenvalue weighted by atomic mass is 16.5. The standard InChI is InChI=1S/C11H20N2O2/c1-9(2)15-8-11(14)13-7-10-3-5-12-6-4-10/h3,9,12H,4-8H2,1-2H3,(H,13,14). The summed E-state index contributed by atoms with van der Waals surface area (Å²) < 4.78 is 5.20. The number of carbonyl (C=O) groups excluding carboxylic acids is 1. The van der Waals surface area contributed by atoms with Gasteiger partial charge in [0.05, 0.1) is 6.10 Å². The topological polar surface area (TPSA) is 50.4 Å². The van der Waals surface area contributed by atoms with Gasteiger partial charge >= 0.3 is 0 Å². The summed E-state index contributed by atoms with van der Waals surface area (Å²) in [7, 11) is 0. The van der Waals surface area contributed by atoms with Crippen LogP contribution < -0.4 is 10.6 Å². The zero-order chi connectivity index (χ0) is 11.1. The van der Waals surface area contributed by atoms with E-state index in [1.54, 1.807) is 0 Å². The highest BCUT2D eigenvalue weighted by molar-refractivity contribution is 5.77. The fraction of sp³-hybridized carbons (Fsp3) is 0.727. The van der Waals surface area contributed by atoms with Crippen LogP contribution in [-0.4, -0.2) is 38.3 Å². The Labute approximate surface area is 91.1 Å². The molecule has 0 aliphatic carbocycles. The third kappa shape index (κ3) is 5.54. The van der Waals surface area contributed by atoms with Crippen molar-refractivity contribution in [3.8, 4) is 0 Å². The Bertz CT molecular complexity index is 237. The van der Waals surface area contributed by atoms with Gasteiger partial charge < -0.3 is 15.4 Å².